The van der Waals surface area contributed by atoms with Gasteiger partial charge in [-0.05, 0) is 36.1 Å². The summed E-state index contributed by atoms with van der Waals surface area (Å²) in [6, 6.07) is 14.7. The molecule has 0 saturated heterocycles. The molecule has 0 fully saturated rings. The van der Waals surface area contributed by atoms with Crippen LogP contribution in [-0.4, -0.2) is 28.0 Å². The lowest BCUT2D eigenvalue weighted by Gasteiger charge is -2.14. The fraction of sp³-hybridized carbons (Fsp3) is 0.238. The molecule has 0 aliphatic heterocycles. The predicted octanol–water partition coefficient (Wildman–Crippen LogP) is 3.22. The Morgan fingerprint density at radius 3 is 2.65 bits per heavy atom. The van der Waals surface area contributed by atoms with Crippen LogP contribution in [0.15, 0.2) is 54.7 Å². The van der Waals surface area contributed by atoms with Crippen LogP contribution in [0.4, 0.5) is 0 Å². The Labute approximate surface area is 152 Å². The van der Waals surface area contributed by atoms with Crippen molar-refractivity contribution >= 4 is 22.8 Å². The lowest BCUT2D eigenvalue weighted by Crippen LogP contribution is -2.42. The van der Waals surface area contributed by atoms with Gasteiger partial charge in [0.1, 0.15) is 6.04 Å². The Morgan fingerprint density at radius 1 is 1.15 bits per heavy atom. The van der Waals surface area contributed by atoms with Gasteiger partial charge in [-0.1, -0.05) is 42.5 Å². The van der Waals surface area contributed by atoms with Crippen LogP contribution in [0, 0.1) is 6.92 Å². The minimum atomic E-state index is -1.03. The first-order chi connectivity index (χ1) is 12.5. The van der Waals surface area contributed by atoms with Crippen molar-refractivity contribution in [3.05, 3.63) is 71.4 Å². The molecular weight excluding hydrogens is 328 g/mol. The van der Waals surface area contributed by atoms with Crippen LogP contribution in [0.25, 0.3) is 10.9 Å². The third-order valence-electron chi connectivity index (χ3n) is 4.46. The summed E-state index contributed by atoms with van der Waals surface area (Å²) in [5.74, 6) is -1.28. The summed E-state index contributed by atoms with van der Waals surface area (Å²) >= 11 is 0. The summed E-state index contributed by atoms with van der Waals surface area (Å²) in [4.78, 5) is 27.0. The van der Waals surface area contributed by atoms with Crippen molar-refractivity contribution in [1.29, 1.82) is 0 Å². The quantitative estimate of drug-likeness (QED) is 0.612. The van der Waals surface area contributed by atoms with E-state index in [1.165, 1.54) is 0 Å². The zero-order valence-corrected chi connectivity index (χ0v) is 14.7. The van der Waals surface area contributed by atoms with Gasteiger partial charge in [0.15, 0.2) is 0 Å². The van der Waals surface area contributed by atoms with Crippen molar-refractivity contribution in [2.75, 3.05) is 0 Å². The van der Waals surface area contributed by atoms with E-state index >= 15 is 0 Å². The number of aliphatic carboxylic acids is 1. The van der Waals surface area contributed by atoms with Crippen molar-refractivity contribution in [2.45, 2.75) is 32.2 Å². The summed E-state index contributed by atoms with van der Waals surface area (Å²) < 4.78 is 0. The summed E-state index contributed by atoms with van der Waals surface area (Å²) in [6.45, 7) is 2.01. The monoisotopic (exact) mass is 350 g/mol. The molecule has 0 bridgehead atoms. The van der Waals surface area contributed by atoms with E-state index in [4.69, 9.17) is 0 Å². The first-order valence-electron chi connectivity index (χ1n) is 8.65. The molecule has 0 saturated carbocycles. The van der Waals surface area contributed by atoms with Crippen molar-refractivity contribution in [3.8, 4) is 0 Å². The first-order valence-corrected chi connectivity index (χ1v) is 8.65. The number of rotatable bonds is 7. The van der Waals surface area contributed by atoms with Gasteiger partial charge in [-0.2, -0.15) is 0 Å². The molecule has 134 valence electrons. The highest BCUT2D eigenvalue weighted by Crippen LogP contribution is 2.21. The highest BCUT2D eigenvalue weighted by atomic mass is 16.4. The van der Waals surface area contributed by atoms with Gasteiger partial charge in [0.2, 0.25) is 5.91 Å². The zero-order chi connectivity index (χ0) is 18.5. The Bertz CT molecular complexity index is 915. The van der Waals surface area contributed by atoms with Gasteiger partial charge in [-0.3, -0.25) is 4.79 Å². The average Bonchev–Trinajstić information content (AvgIpc) is 3.02. The number of aryl methyl sites for hydroxylation is 2. The van der Waals surface area contributed by atoms with Crippen molar-refractivity contribution in [2.24, 2.45) is 0 Å². The molecule has 0 spiro atoms. The SMILES string of the molecule is Cc1ccc2c(CC(NC(=O)CCc3ccccc3)C(=O)O)c[nH]c2c1. The number of carboxylic acids is 1. The predicted molar refractivity (Wildman–Crippen MR) is 101 cm³/mol. The molecule has 26 heavy (non-hydrogen) atoms. The van der Waals surface area contributed by atoms with E-state index in [2.05, 4.69) is 10.3 Å². The average molecular weight is 350 g/mol. The number of hydrogen-bond acceptors (Lipinski definition) is 2. The molecule has 3 rings (SSSR count). The van der Waals surface area contributed by atoms with Crippen molar-refractivity contribution < 1.29 is 14.7 Å². The molecule has 0 radical (unpaired) electrons. The number of hydrogen-bond donors (Lipinski definition) is 3. The number of nitrogens with one attached hydrogen (secondary N) is 2. The second-order valence-electron chi connectivity index (χ2n) is 6.51. The fourth-order valence-electron chi connectivity index (χ4n) is 3.06. The Balaban J connectivity index is 1.65. The zero-order valence-electron chi connectivity index (χ0n) is 14.7. The number of H-pyrrole nitrogens is 1. The maximum atomic E-state index is 12.2. The largest absolute Gasteiger partial charge is 0.480 e. The summed E-state index contributed by atoms with van der Waals surface area (Å²) in [5.41, 5.74) is 4.05. The second-order valence-corrected chi connectivity index (χ2v) is 6.51. The molecule has 2 aromatic carbocycles. The molecule has 1 heterocycles. The lowest BCUT2D eigenvalue weighted by molar-refractivity contribution is -0.141. The number of benzene rings is 2. The molecule has 1 amide bonds. The molecule has 1 unspecified atom stereocenters. The Kier molecular flexibility index (Phi) is 5.37. The van der Waals surface area contributed by atoms with Crippen molar-refractivity contribution in [1.82, 2.24) is 10.3 Å². The maximum absolute atomic E-state index is 12.2. The number of carbonyl (C=O) groups excluding carboxylic acids is 1. The van der Waals surface area contributed by atoms with Gasteiger partial charge in [0.25, 0.3) is 0 Å². The molecular formula is C21H22N2O3. The second kappa shape index (κ2) is 7.87. The van der Waals surface area contributed by atoms with Gasteiger partial charge in [-0.25, -0.2) is 4.79 Å². The number of aromatic nitrogens is 1. The fourth-order valence-corrected chi connectivity index (χ4v) is 3.06. The molecule has 0 aliphatic rings. The van der Waals surface area contributed by atoms with Gasteiger partial charge in [0, 0.05) is 29.9 Å². The Morgan fingerprint density at radius 2 is 1.92 bits per heavy atom. The van der Waals surface area contributed by atoms with Crippen LogP contribution in [0.5, 0.6) is 0 Å². The van der Waals surface area contributed by atoms with Gasteiger partial charge in [-0.15, -0.1) is 0 Å². The molecule has 5 nitrogen and oxygen atoms in total. The van der Waals surface area contributed by atoms with E-state index in [-0.39, 0.29) is 18.7 Å². The van der Waals surface area contributed by atoms with Crippen LogP contribution < -0.4 is 5.32 Å². The molecule has 5 heteroatoms. The van der Waals surface area contributed by atoms with E-state index in [0.717, 1.165) is 27.6 Å². The molecule has 1 atom stereocenters. The van der Waals surface area contributed by atoms with E-state index in [1.54, 1.807) is 0 Å². The van der Waals surface area contributed by atoms with Crippen LogP contribution >= 0.6 is 0 Å². The molecule has 1 aromatic heterocycles. The number of carboxylic acid groups (broad SMARTS) is 1. The van der Waals surface area contributed by atoms with E-state index in [9.17, 15) is 14.7 Å². The maximum Gasteiger partial charge on any atom is 0.326 e. The molecule has 3 N–H and O–H groups in total. The number of aromatic amines is 1. The van der Waals surface area contributed by atoms with Crippen LogP contribution in [0.3, 0.4) is 0 Å². The summed E-state index contributed by atoms with van der Waals surface area (Å²) in [5, 5.41) is 13.1. The topological polar surface area (TPSA) is 82.2 Å². The standard InChI is InChI=1S/C21H22N2O3/c1-14-7-9-17-16(13-22-18(17)11-14)12-19(21(25)26)23-20(24)10-8-15-5-3-2-4-6-15/h2-7,9,11,13,19,22H,8,10,12H2,1H3,(H,23,24)(H,25,26). The Hall–Kier alpha value is -3.08. The van der Waals surface area contributed by atoms with Gasteiger partial charge in [0.05, 0.1) is 0 Å². The third kappa shape index (κ3) is 4.30. The normalized spacial score (nSPS) is 12.0. The lowest BCUT2D eigenvalue weighted by atomic mass is 10.0. The number of amides is 1. The molecule has 0 aliphatic carbocycles. The minimum Gasteiger partial charge on any atom is -0.480 e. The van der Waals surface area contributed by atoms with Gasteiger partial charge >= 0.3 is 5.97 Å². The van der Waals surface area contributed by atoms with Crippen LogP contribution in [0.1, 0.15) is 23.1 Å². The van der Waals surface area contributed by atoms with Crippen LogP contribution in [-0.2, 0) is 22.4 Å². The van der Waals surface area contributed by atoms with E-state index in [0.29, 0.717) is 6.42 Å². The highest BCUT2D eigenvalue weighted by molar-refractivity contribution is 5.87. The third-order valence-corrected chi connectivity index (χ3v) is 4.46. The molecule has 3 aromatic rings. The first kappa shape index (κ1) is 17.7. The number of carbonyl (C=O) groups is 2. The highest BCUT2D eigenvalue weighted by Gasteiger charge is 2.21. The summed E-state index contributed by atoms with van der Waals surface area (Å²) in [6.07, 6.45) is 2.91. The van der Waals surface area contributed by atoms with Crippen molar-refractivity contribution in [3.63, 3.8) is 0 Å². The minimum absolute atomic E-state index is 0.246. The number of fused-ring (bicyclic) bond motifs is 1. The van der Waals surface area contributed by atoms with Crippen LogP contribution in [0.2, 0.25) is 0 Å². The van der Waals surface area contributed by atoms with E-state index in [1.807, 2.05) is 61.7 Å². The summed E-state index contributed by atoms with van der Waals surface area (Å²) in [7, 11) is 0. The van der Waals surface area contributed by atoms with E-state index < -0.39 is 12.0 Å². The van der Waals surface area contributed by atoms with Gasteiger partial charge < -0.3 is 15.4 Å². The smallest absolute Gasteiger partial charge is 0.326 e.